The molecule has 65 heavy (non-hydrogen) atoms. The largest absolute Gasteiger partial charge is 0.373 e. The Balaban J connectivity index is 0.00000227. The number of ketones is 4. The van der Waals surface area contributed by atoms with Gasteiger partial charge in [-0.25, -0.2) is 17.6 Å². The Kier molecular flexibility index (Phi) is 15.4. The summed E-state index contributed by atoms with van der Waals surface area (Å²) in [5.41, 5.74) is -0.387. The van der Waals surface area contributed by atoms with Gasteiger partial charge in [-0.2, -0.15) is 0 Å². The molecular formula is C51H50F4N2O6S2. The van der Waals surface area contributed by atoms with Gasteiger partial charge < -0.3 is 9.80 Å². The number of nitrogens with zero attached hydrogens (tertiary/aromatic N) is 2. The van der Waals surface area contributed by atoms with Crippen molar-refractivity contribution in [3.8, 4) is 0 Å². The monoisotopic (exact) mass is 926 g/mol. The highest BCUT2D eigenvalue weighted by Gasteiger charge is 2.41. The lowest BCUT2D eigenvalue weighted by Crippen LogP contribution is -2.32. The third-order valence-electron chi connectivity index (χ3n) is 11.6. The highest BCUT2D eigenvalue weighted by Crippen LogP contribution is 2.45. The van der Waals surface area contributed by atoms with Gasteiger partial charge in [0.25, 0.3) is 5.91 Å². The van der Waals surface area contributed by atoms with E-state index in [4.69, 9.17) is 0 Å². The number of rotatable bonds is 15. The fourth-order valence-electron chi connectivity index (χ4n) is 8.06. The molecule has 2 atom stereocenters. The number of fused-ring (bicyclic) bond motifs is 2. The first-order chi connectivity index (χ1) is 31.0. The zero-order chi connectivity index (χ0) is 47.4. The molecule has 340 valence electrons. The van der Waals surface area contributed by atoms with E-state index in [2.05, 4.69) is 27.7 Å². The van der Waals surface area contributed by atoms with Gasteiger partial charge in [-0.3, -0.25) is 28.8 Å². The summed E-state index contributed by atoms with van der Waals surface area (Å²) in [4.78, 5) is 87.0. The highest BCUT2D eigenvalue weighted by atomic mass is 32.1. The number of Topliss-reactive ketones (excluding diaryl/α,β-unsaturated/α-hetero) is 4. The molecule has 0 spiro atoms. The second-order valence-corrected chi connectivity index (χ2v) is 18.7. The van der Waals surface area contributed by atoms with Gasteiger partial charge in [-0.05, 0) is 78.9 Å². The Bertz CT molecular complexity index is 2650. The summed E-state index contributed by atoms with van der Waals surface area (Å²) in [5.74, 6) is -8.13. The lowest BCUT2D eigenvalue weighted by Gasteiger charge is -2.28. The van der Waals surface area contributed by atoms with Gasteiger partial charge in [0.1, 0.15) is 0 Å². The van der Waals surface area contributed by atoms with Gasteiger partial charge in [0, 0.05) is 52.1 Å². The minimum atomic E-state index is -1.25. The van der Waals surface area contributed by atoms with Crippen LogP contribution in [0.4, 0.5) is 17.6 Å². The molecule has 0 N–H and O–H groups in total. The van der Waals surface area contributed by atoms with Crippen LogP contribution < -0.4 is 0 Å². The van der Waals surface area contributed by atoms with Gasteiger partial charge in [0.05, 0.1) is 43.4 Å². The van der Waals surface area contributed by atoms with Crippen LogP contribution in [0.5, 0.6) is 0 Å². The number of hydrogen-bond donors (Lipinski definition) is 0. The van der Waals surface area contributed by atoms with E-state index in [1.165, 1.54) is 29.9 Å². The summed E-state index contributed by atoms with van der Waals surface area (Å²) in [6.45, 7) is 13.3. The van der Waals surface area contributed by atoms with Gasteiger partial charge in [-0.15, -0.1) is 22.7 Å². The molecule has 4 aromatic rings. The number of carbonyl (C=O) groups is 6. The number of aldehydes is 1. The number of carbonyl (C=O) groups excluding carboxylic acids is 6. The van der Waals surface area contributed by atoms with Crippen LogP contribution in [-0.2, 0) is 9.59 Å². The fraction of sp³-hybridized carbons (Fsp3) is 0.333. The number of amides is 1. The zero-order valence-corrected chi connectivity index (χ0v) is 39.0. The predicted molar refractivity (Wildman–Crippen MR) is 248 cm³/mol. The van der Waals surface area contributed by atoms with Crippen molar-refractivity contribution in [2.75, 3.05) is 20.1 Å². The van der Waals surface area contributed by atoms with E-state index >= 15 is 4.79 Å². The molecule has 2 aliphatic carbocycles. The van der Waals surface area contributed by atoms with Crippen molar-refractivity contribution in [3.05, 3.63) is 136 Å². The summed E-state index contributed by atoms with van der Waals surface area (Å²) < 4.78 is 56.3. The second kappa shape index (κ2) is 20.5. The fourth-order valence-corrected chi connectivity index (χ4v) is 10.1. The molecule has 0 radical (unpaired) electrons. The number of unbranched alkanes of at least 4 members (excludes halogenated alkanes) is 1. The van der Waals surface area contributed by atoms with Gasteiger partial charge >= 0.3 is 0 Å². The van der Waals surface area contributed by atoms with E-state index in [-0.39, 0.29) is 56.4 Å². The Morgan fingerprint density at radius 1 is 0.708 bits per heavy atom. The van der Waals surface area contributed by atoms with Crippen molar-refractivity contribution in [1.29, 1.82) is 0 Å². The first-order valence-electron chi connectivity index (χ1n) is 21.8. The lowest BCUT2D eigenvalue weighted by atomic mass is 9.98. The third-order valence-corrected chi connectivity index (χ3v) is 13.7. The molecule has 7 rings (SSSR count). The van der Waals surface area contributed by atoms with Gasteiger partial charge in [0.2, 0.25) is 0 Å². The molecule has 3 heterocycles. The Morgan fingerprint density at radius 3 is 1.63 bits per heavy atom. The molecule has 0 bridgehead atoms. The molecule has 0 saturated carbocycles. The van der Waals surface area contributed by atoms with Crippen LogP contribution in [0.25, 0.3) is 23.5 Å². The molecule has 2 aromatic heterocycles. The third kappa shape index (κ3) is 9.60. The molecule has 14 heteroatoms. The van der Waals surface area contributed by atoms with Crippen molar-refractivity contribution < 1.29 is 46.3 Å². The summed E-state index contributed by atoms with van der Waals surface area (Å²) >= 11 is 2.32. The summed E-state index contributed by atoms with van der Waals surface area (Å²) in [7, 11) is 1.82. The predicted octanol–water partition coefficient (Wildman–Crippen LogP) is 12.1. The first-order valence-corrected chi connectivity index (χ1v) is 23.4. The molecule has 0 fully saturated rings. The standard InChI is InChI=1S/C48H42F4N2O6S2.C3H8/c1-6-9-10-25(8-3)22-54-42(39-13-11-26(61-39)15-32-44(56)28-17-35(49)36(50)18-29(28)45(32)57)34(23-55)41(48(54)60)43(53(5)21-24(4)7-2)40-14-12-27(62-40)16-33-46(58)30-19-37(51)38(52)20-31(30)47(33)59;1-3-2/h11-20,23-25H,6-10,21-22H2,1-5H3;3H2,1-2H3/b43-41+;. The first kappa shape index (κ1) is 48.6. The van der Waals surface area contributed by atoms with Crippen LogP contribution >= 0.6 is 22.7 Å². The second-order valence-electron chi connectivity index (χ2n) is 16.5. The average Bonchev–Trinajstić information content (AvgIpc) is 4.09. The number of thiophene rings is 2. The molecule has 1 amide bonds. The van der Waals surface area contributed by atoms with Crippen molar-refractivity contribution in [3.63, 3.8) is 0 Å². The zero-order valence-electron chi connectivity index (χ0n) is 37.3. The topological polar surface area (TPSA) is 109 Å². The smallest absolute Gasteiger partial charge is 0.261 e. The summed E-state index contributed by atoms with van der Waals surface area (Å²) in [6.07, 6.45) is 8.88. The Labute approximate surface area is 384 Å². The molecule has 8 nitrogen and oxygen atoms in total. The minimum absolute atomic E-state index is 0.0737. The van der Waals surface area contributed by atoms with Crippen LogP contribution in [0.1, 0.15) is 141 Å². The van der Waals surface area contributed by atoms with E-state index in [0.717, 1.165) is 55.6 Å². The van der Waals surface area contributed by atoms with Crippen molar-refractivity contribution in [1.82, 2.24) is 9.80 Å². The number of allylic oxidation sites excluding steroid dienone is 2. The SMILES string of the molecule is CCC.CCCCC(CC)CN1C(=O)/C(=C(\c2ccc(C=C3C(=O)c4cc(F)c(F)cc4C3=O)s2)N(C)CC(C)CC)C(C=O)=C1c1ccc(C=C2C(=O)c3cc(F)c(F)cc3C2=O)s1. The number of benzene rings is 2. The van der Waals surface area contributed by atoms with E-state index in [0.29, 0.717) is 62.4 Å². The van der Waals surface area contributed by atoms with Crippen LogP contribution in [-0.4, -0.2) is 65.3 Å². The van der Waals surface area contributed by atoms with E-state index in [9.17, 15) is 41.5 Å². The molecule has 1 aliphatic heterocycles. The van der Waals surface area contributed by atoms with Gasteiger partial charge in [0.15, 0.2) is 52.7 Å². The van der Waals surface area contributed by atoms with Crippen LogP contribution in [0, 0.1) is 35.1 Å². The highest BCUT2D eigenvalue weighted by molar-refractivity contribution is 7.14. The minimum Gasteiger partial charge on any atom is -0.373 e. The van der Waals surface area contributed by atoms with Crippen LogP contribution in [0.2, 0.25) is 0 Å². The quantitative estimate of drug-likeness (QED) is 0.0505. The molecular weight excluding hydrogens is 877 g/mol. The maximum Gasteiger partial charge on any atom is 0.261 e. The molecule has 3 aliphatic rings. The van der Waals surface area contributed by atoms with Crippen LogP contribution in [0.15, 0.2) is 70.8 Å². The van der Waals surface area contributed by atoms with E-state index in [1.807, 2.05) is 25.8 Å². The van der Waals surface area contributed by atoms with Crippen molar-refractivity contribution >= 4 is 81.5 Å². The normalized spacial score (nSPS) is 16.2. The molecule has 0 saturated heterocycles. The maximum atomic E-state index is 15.1. The lowest BCUT2D eigenvalue weighted by molar-refractivity contribution is -0.123. The number of hydrogen-bond acceptors (Lipinski definition) is 9. The Morgan fingerprint density at radius 2 is 1.18 bits per heavy atom. The van der Waals surface area contributed by atoms with Gasteiger partial charge in [-0.1, -0.05) is 73.6 Å². The summed E-state index contributed by atoms with van der Waals surface area (Å²) in [6, 6.07) is 9.61. The van der Waals surface area contributed by atoms with Crippen molar-refractivity contribution in [2.45, 2.75) is 80.1 Å². The number of halogens is 4. The molecule has 2 aromatic carbocycles. The average molecular weight is 927 g/mol. The Hall–Kier alpha value is -5.86. The van der Waals surface area contributed by atoms with E-state index < -0.39 is 52.3 Å². The van der Waals surface area contributed by atoms with Crippen LogP contribution in [0.3, 0.4) is 0 Å². The summed E-state index contributed by atoms with van der Waals surface area (Å²) in [5, 5.41) is 0. The van der Waals surface area contributed by atoms with E-state index in [1.54, 1.807) is 29.2 Å². The maximum absolute atomic E-state index is 15.1. The molecule has 2 unspecified atom stereocenters. The van der Waals surface area contributed by atoms with Crippen molar-refractivity contribution in [2.24, 2.45) is 11.8 Å².